The smallest absolute Gasteiger partial charge is 0.122 e. The van der Waals surface area contributed by atoms with Gasteiger partial charge < -0.3 is 14.7 Å². The van der Waals surface area contributed by atoms with Gasteiger partial charge in [-0.2, -0.15) is 0 Å². The molecule has 0 bridgehead atoms. The van der Waals surface area contributed by atoms with Gasteiger partial charge in [0.05, 0.1) is 6.61 Å². The van der Waals surface area contributed by atoms with Crippen molar-refractivity contribution in [2.24, 2.45) is 11.3 Å². The summed E-state index contributed by atoms with van der Waals surface area (Å²) in [6.07, 6.45) is 7.14. The first-order valence-corrected chi connectivity index (χ1v) is 8.71. The molecule has 2 aliphatic rings. The van der Waals surface area contributed by atoms with E-state index in [1.54, 1.807) is 0 Å². The van der Waals surface area contributed by atoms with Crippen molar-refractivity contribution in [3.63, 3.8) is 0 Å². The molecular weight excluding hydrogens is 274 g/mol. The summed E-state index contributed by atoms with van der Waals surface area (Å²) in [5, 5.41) is 9.80. The Labute approximate surface area is 134 Å². The second-order valence-corrected chi connectivity index (χ2v) is 7.38. The maximum absolute atomic E-state index is 9.80. The molecule has 0 saturated heterocycles. The van der Waals surface area contributed by atoms with Crippen molar-refractivity contribution in [1.82, 2.24) is 4.90 Å². The van der Waals surface area contributed by atoms with E-state index in [9.17, 15) is 5.11 Å². The molecule has 3 rings (SSSR count). The molecule has 1 N–H and O–H groups in total. The molecule has 1 heterocycles. The van der Waals surface area contributed by atoms with E-state index in [1.807, 2.05) is 0 Å². The molecule has 0 amide bonds. The summed E-state index contributed by atoms with van der Waals surface area (Å²) in [5.74, 6) is 1.71. The molecule has 0 unspecified atom stereocenters. The Morgan fingerprint density at radius 2 is 2.05 bits per heavy atom. The second-order valence-electron chi connectivity index (χ2n) is 7.38. The van der Waals surface area contributed by atoms with E-state index < -0.39 is 0 Å². The summed E-state index contributed by atoms with van der Waals surface area (Å²) in [6, 6.07) is 8.44. The zero-order valence-electron chi connectivity index (χ0n) is 13.8. The molecule has 1 aromatic rings. The number of fused-ring (bicyclic) bond motifs is 1. The number of rotatable bonds is 5. The van der Waals surface area contributed by atoms with E-state index >= 15 is 0 Å². The molecule has 1 saturated carbocycles. The van der Waals surface area contributed by atoms with Crippen molar-refractivity contribution in [2.45, 2.75) is 38.5 Å². The molecule has 1 fully saturated rings. The van der Waals surface area contributed by atoms with Gasteiger partial charge in [-0.25, -0.2) is 0 Å². The fraction of sp³-hybridized carbons (Fsp3) is 0.684. The normalized spacial score (nSPS) is 23.9. The third kappa shape index (κ3) is 3.64. The van der Waals surface area contributed by atoms with Crippen LogP contribution >= 0.6 is 0 Å². The molecule has 1 aliphatic carbocycles. The lowest BCUT2D eigenvalue weighted by Crippen LogP contribution is -2.39. The van der Waals surface area contributed by atoms with E-state index in [2.05, 4.69) is 36.2 Å². The molecule has 1 atom stereocenters. The summed E-state index contributed by atoms with van der Waals surface area (Å²) in [6.45, 7) is 3.29. The van der Waals surface area contributed by atoms with Crippen LogP contribution in [0.25, 0.3) is 0 Å². The molecule has 0 spiro atoms. The molecule has 1 aromatic carbocycles. The fourth-order valence-electron chi connectivity index (χ4n) is 4.29. The number of para-hydroxylation sites is 1. The third-order valence-corrected chi connectivity index (χ3v) is 5.44. The topological polar surface area (TPSA) is 32.7 Å². The molecule has 0 aromatic heterocycles. The van der Waals surface area contributed by atoms with Crippen molar-refractivity contribution >= 4 is 0 Å². The van der Waals surface area contributed by atoms with Crippen LogP contribution in [-0.4, -0.2) is 43.4 Å². The number of ether oxygens (including phenoxy) is 1. The van der Waals surface area contributed by atoms with Gasteiger partial charge in [0.25, 0.3) is 0 Å². The summed E-state index contributed by atoms with van der Waals surface area (Å²) in [7, 11) is 2.22. The predicted molar refractivity (Wildman–Crippen MR) is 89.2 cm³/mol. The van der Waals surface area contributed by atoms with Crippen LogP contribution in [0.3, 0.4) is 0 Å². The molecule has 22 heavy (non-hydrogen) atoms. The van der Waals surface area contributed by atoms with Gasteiger partial charge in [-0.3, -0.25) is 0 Å². The maximum atomic E-state index is 9.80. The van der Waals surface area contributed by atoms with Gasteiger partial charge in [0.1, 0.15) is 5.75 Å². The first-order valence-electron chi connectivity index (χ1n) is 8.71. The lowest BCUT2D eigenvalue weighted by molar-refractivity contribution is 0.0814. The Morgan fingerprint density at radius 1 is 1.27 bits per heavy atom. The number of aliphatic hydroxyl groups excluding tert-OH is 1. The van der Waals surface area contributed by atoms with Crippen LogP contribution in [-0.2, 0) is 6.42 Å². The zero-order valence-corrected chi connectivity index (χ0v) is 13.8. The molecule has 3 heteroatoms. The standard InChI is InChI=1S/C19H29NO2/c1-20(14-19(15-21)9-4-5-10-19)13-16-8-11-22-18-7-3-2-6-17(18)12-16/h2-3,6-7,16,21H,4-5,8-15H2,1H3/t16-/m1/s1. The van der Waals surface area contributed by atoms with Crippen LogP contribution in [0.15, 0.2) is 24.3 Å². The van der Waals surface area contributed by atoms with E-state index in [0.29, 0.717) is 12.5 Å². The van der Waals surface area contributed by atoms with E-state index in [1.165, 1.54) is 31.2 Å². The average molecular weight is 303 g/mol. The predicted octanol–water partition coefficient (Wildman–Crippen LogP) is 3.11. The second kappa shape index (κ2) is 7.01. The molecule has 0 radical (unpaired) electrons. The maximum Gasteiger partial charge on any atom is 0.122 e. The highest BCUT2D eigenvalue weighted by Crippen LogP contribution is 2.38. The number of hydrogen-bond acceptors (Lipinski definition) is 3. The largest absolute Gasteiger partial charge is 0.493 e. The summed E-state index contributed by atoms with van der Waals surface area (Å²) >= 11 is 0. The lowest BCUT2D eigenvalue weighted by atomic mass is 9.86. The van der Waals surface area contributed by atoms with Crippen LogP contribution in [0.2, 0.25) is 0 Å². The third-order valence-electron chi connectivity index (χ3n) is 5.44. The fourth-order valence-corrected chi connectivity index (χ4v) is 4.29. The molecule has 3 nitrogen and oxygen atoms in total. The lowest BCUT2D eigenvalue weighted by Gasteiger charge is -2.33. The number of hydrogen-bond donors (Lipinski definition) is 1. The minimum Gasteiger partial charge on any atom is -0.493 e. The monoisotopic (exact) mass is 303 g/mol. The van der Waals surface area contributed by atoms with Gasteiger partial charge in [-0.05, 0) is 50.3 Å². The first kappa shape index (κ1) is 15.8. The Hall–Kier alpha value is -1.06. The summed E-state index contributed by atoms with van der Waals surface area (Å²) in [5.41, 5.74) is 1.50. The van der Waals surface area contributed by atoms with Crippen LogP contribution < -0.4 is 4.74 Å². The van der Waals surface area contributed by atoms with Crippen LogP contribution in [0, 0.1) is 11.3 Å². The first-order chi connectivity index (χ1) is 10.7. The zero-order chi connectivity index (χ0) is 15.4. The number of aliphatic hydroxyl groups is 1. The van der Waals surface area contributed by atoms with E-state index in [0.717, 1.165) is 38.3 Å². The highest BCUT2D eigenvalue weighted by atomic mass is 16.5. The van der Waals surface area contributed by atoms with Crippen LogP contribution in [0.5, 0.6) is 5.75 Å². The van der Waals surface area contributed by atoms with Gasteiger partial charge in [-0.15, -0.1) is 0 Å². The summed E-state index contributed by atoms with van der Waals surface area (Å²) < 4.78 is 5.88. The van der Waals surface area contributed by atoms with E-state index in [-0.39, 0.29) is 5.41 Å². The highest BCUT2D eigenvalue weighted by Gasteiger charge is 2.34. The van der Waals surface area contributed by atoms with Gasteiger partial charge in [0.15, 0.2) is 0 Å². The molecule has 1 aliphatic heterocycles. The van der Waals surface area contributed by atoms with Gasteiger partial charge >= 0.3 is 0 Å². The quantitative estimate of drug-likeness (QED) is 0.907. The summed E-state index contributed by atoms with van der Waals surface area (Å²) in [4.78, 5) is 2.44. The Kier molecular flexibility index (Phi) is 5.04. The van der Waals surface area contributed by atoms with Crippen LogP contribution in [0.4, 0.5) is 0 Å². The Balaban J connectivity index is 1.58. The van der Waals surface area contributed by atoms with Crippen LogP contribution in [0.1, 0.15) is 37.7 Å². The molecule has 122 valence electrons. The SMILES string of the molecule is CN(C[C@@H]1CCOc2ccccc2C1)CC1(CO)CCCC1. The minimum absolute atomic E-state index is 0.161. The Bertz CT molecular complexity index is 482. The minimum atomic E-state index is 0.161. The highest BCUT2D eigenvalue weighted by molar-refractivity contribution is 5.34. The number of benzene rings is 1. The Morgan fingerprint density at radius 3 is 2.82 bits per heavy atom. The van der Waals surface area contributed by atoms with Crippen molar-refractivity contribution in [3.8, 4) is 5.75 Å². The van der Waals surface area contributed by atoms with Crippen molar-refractivity contribution in [3.05, 3.63) is 29.8 Å². The van der Waals surface area contributed by atoms with Gasteiger partial charge in [0, 0.05) is 25.1 Å². The van der Waals surface area contributed by atoms with Crippen molar-refractivity contribution in [2.75, 3.05) is 33.4 Å². The number of nitrogens with zero attached hydrogens (tertiary/aromatic N) is 1. The average Bonchev–Trinajstić information content (AvgIpc) is 2.88. The van der Waals surface area contributed by atoms with Gasteiger partial charge in [-0.1, -0.05) is 31.0 Å². The van der Waals surface area contributed by atoms with E-state index in [4.69, 9.17) is 4.74 Å². The van der Waals surface area contributed by atoms with Gasteiger partial charge in [0.2, 0.25) is 0 Å². The van der Waals surface area contributed by atoms with Crippen molar-refractivity contribution < 1.29 is 9.84 Å². The molecular formula is C19H29NO2. The van der Waals surface area contributed by atoms with Crippen molar-refractivity contribution in [1.29, 1.82) is 0 Å².